The van der Waals surface area contributed by atoms with E-state index in [9.17, 15) is 29.4 Å². The van der Waals surface area contributed by atoms with Crippen LogP contribution < -0.4 is 21.3 Å². The van der Waals surface area contributed by atoms with Gasteiger partial charge in [-0.2, -0.15) is 0 Å². The molecular weight excluding hydrogens is 761 g/mol. The number of aliphatic hydroxyl groups is 2. The Balaban J connectivity index is 1.61. The highest BCUT2D eigenvalue weighted by atomic mass is 16.6. The summed E-state index contributed by atoms with van der Waals surface area (Å²) in [6.45, 7) is 10.7. The van der Waals surface area contributed by atoms with Crippen molar-refractivity contribution in [2.45, 2.75) is 104 Å². The van der Waals surface area contributed by atoms with Crippen molar-refractivity contribution in [3.05, 3.63) is 144 Å². The lowest BCUT2D eigenvalue weighted by molar-refractivity contribution is -0.129. The Morgan fingerprint density at radius 1 is 0.550 bits per heavy atom. The van der Waals surface area contributed by atoms with Crippen LogP contribution in [0.4, 0.5) is 9.59 Å². The summed E-state index contributed by atoms with van der Waals surface area (Å²) in [6, 6.07) is 33.0. The van der Waals surface area contributed by atoms with Gasteiger partial charge in [0.1, 0.15) is 25.3 Å². The van der Waals surface area contributed by atoms with Crippen LogP contribution in [-0.4, -0.2) is 71.1 Å². The van der Waals surface area contributed by atoms with Crippen LogP contribution >= 0.6 is 0 Å². The van der Waals surface area contributed by atoms with Gasteiger partial charge in [-0.15, -0.1) is 0 Å². The minimum Gasteiger partial charge on any atom is -0.445 e. The van der Waals surface area contributed by atoms with Gasteiger partial charge in [-0.1, -0.05) is 163 Å². The predicted molar refractivity (Wildman–Crippen MR) is 231 cm³/mol. The van der Waals surface area contributed by atoms with Crippen molar-refractivity contribution in [3.8, 4) is 0 Å². The second-order valence-corrected chi connectivity index (χ2v) is 17.5. The lowest BCUT2D eigenvalue weighted by Gasteiger charge is -2.37. The van der Waals surface area contributed by atoms with E-state index in [1.165, 1.54) is 0 Å². The zero-order valence-electron chi connectivity index (χ0n) is 35.6. The summed E-state index contributed by atoms with van der Waals surface area (Å²) in [5, 5.41) is 34.9. The number of amides is 4. The van der Waals surface area contributed by atoms with E-state index in [-0.39, 0.29) is 32.5 Å². The fourth-order valence-electron chi connectivity index (χ4n) is 6.91. The molecule has 0 radical (unpaired) electrons. The fraction of sp³-hybridized carbons (Fsp3) is 0.417. The van der Waals surface area contributed by atoms with E-state index in [4.69, 9.17) is 9.47 Å². The second kappa shape index (κ2) is 22.6. The van der Waals surface area contributed by atoms with Gasteiger partial charge in [0.15, 0.2) is 0 Å². The number of alkyl carbamates (subject to hydrolysis) is 2. The van der Waals surface area contributed by atoms with Crippen molar-refractivity contribution in [2.24, 2.45) is 16.7 Å². The molecule has 6 atom stereocenters. The van der Waals surface area contributed by atoms with Crippen LogP contribution in [0.2, 0.25) is 0 Å². The van der Waals surface area contributed by atoms with E-state index in [1.54, 1.807) is 20.8 Å². The molecule has 0 saturated carbocycles. The minimum atomic E-state index is -1.41. The minimum absolute atomic E-state index is 0.00814. The Labute approximate surface area is 354 Å². The molecule has 0 aliphatic carbocycles. The van der Waals surface area contributed by atoms with Crippen LogP contribution in [0.1, 0.15) is 70.2 Å². The van der Waals surface area contributed by atoms with Gasteiger partial charge in [0.25, 0.3) is 0 Å². The summed E-state index contributed by atoms with van der Waals surface area (Å²) in [5.41, 5.74) is 2.02. The molecule has 6 unspecified atom stereocenters. The molecule has 0 aromatic heterocycles. The maximum absolute atomic E-state index is 14.3. The van der Waals surface area contributed by atoms with Crippen molar-refractivity contribution in [2.75, 3.05) is 6.61 Å². The molecule has 0 heterocycles. The molecule has 4 amide bonds. The van der Waals surface area contributed by atoms with Crippen molar-refractivity contribution < 1.29 is 38.9 Å². The van der Waals surface area contributed by atoms with Gasteiger partial charge < -0.3 is 41.0 Å². The number of hydrogen-bond donors (Lipinski definition) is 6. The average molecular weight is 823 g/mol. The van der Waals surface area contributed by atoms with E-state index in [2.05, 4.69) is 21.3 Å². The molecule has 0 fully saturated rings. The van der Waals surface area contributed by atoms with Crippen LogP contribution in [0.15, 0.2) is 121 Å². The molecular formula is C48H62N4O8. The number of nitrogens with one attached hydrogen (secondary N) is 4. The Morgan fingerprint density at radius 3 is 1.37 bits per heavy atom. The summed E-state index contributed by atoms with van der Waals surface area (Å²) in [7, 11) is 0. The zero-order chi connectivity index (χ0) is 43.7. The summed E-state index contributed by atoms with van der Waals surface area (Å²) in [4.78, 5) is 54.7. The Bertz CT molecular complexity index is 1920. The monoisotopic (exact) mass is 822 g/mol. The Kier molecular flexibility index (Phi) is 17.7. The topological polar surface area (TPSA) is 175 Å². The zero-order valence-corrected chi connectivity index (χ0v) is 35.6. The molecule has 4 aromatic carbocycles. The van der Waals surface area contributed by atoms with Crippen LogP contribution in [-0.2, 0) is 45.1 Å². The van der Waals surface area contributed by atoms with Crippen molar-refractivity contribution in [1.29, 1.82) is 0 Å². The van der Waals surface area contributed by atoms with Gasteiger partial charge in [0, 0.05) is 12.0 Å². The third kappa shape index (κ3) is 15.8. The van der Waals surface area contributed by atoms with Gasteiger partial charge in [-0.05, 0) is 52.3 Å². The second-order valence-electron chi connectivity index (χ2n) is 17.5. The molecule has 12 heteroatoms. The molecule has 4 rings (SSSR count). The number of rotatable bonds is 19. The molecule has 0 spiro atoms. The largest absolute Gasteiger partial charge is 0.445 e. The molecule has 0 saturated heterocycles. The molecule has 0 bridgehead atoms. The normalized spacial score (nSPS) is 14.6. The number of hydrogen-bond acceptors (Lipinski definition) is 8. The van der Waals surface area contributed by atoms with Crippen LogP contribution in [0.5, 0.6) is 0 Å². The number of carbonyl (C=O) groups is 4. The number of aliphatic hydroxyl groups excluding tert-OH is 2. The predicted octanol–water partition coefficient (Wildman–Crippen LogP) is 6.48. The smallest absolute Gasteiger partial charge is 0.408 e. The molecule has 4 aromatic rings. The van der Waals surface area contributed by atoms with E-state index in [1.807, 2.05) is 142 Å². The Morgan fingerprint density at radius 2 is 0.950 bits per heavy atom. The first-order valence-corrected chi connectivity index (χ1v) is 20.4. The van der Waals surface area contributed by atoms with Crippen LogP contribution in [0.3, 0.4) is 0 Å². The van der Waals surface area contributed by atoms with E-state index >= 15 is 0 Å². The Hall–Kier alpha value is -5.72. The molecule has 0 aliphatic rings. The molecule has 12 nitrogen and oxygen atoms in total. The third-order valence-electron chi connectivity index (χ3n) is 10.1. The summed E-state index contributed by atoms with van der Waals surface area (Å²) >= 11 is 0. The van der Waals surface area contributed by atoms with Gasteiger partial charge in [0.05, 0.1) is 18.8 Å². The molecule has 322 valence electrons. The lowest BCUT2D eigenvalue weighted by atomic mass is 9.82. The summed E-state index contributed by atoms with van der Waals surface area (Å²) in [6.07, 6.45) is -2.34. The van der Waals surface area contributed by atoms with Crippen molar-refractivity contribution >= 4 is 24.0 Å². The number of ether oxygens (including phenoxy) is 2. The highest BCUT2D eigenvalue weighted by Crippen LogP contribution is 2.25. The van der Waals surface area contributed by atoms with Gasteiger partial charge >= 0.3 is 12.2 Å². The summed E-state index contributed by atoms with van der Waals surface area (Å²) < 4.78 is 10.9. The first-order chi connectivity index (χ1) is 28.5. The van der Waals surface area contributed by atoms with Gasteiger partial charge in [-0.3, -0.25) is 9.59 Å². The maximum atomic E-state index is 14.3. The maximum Gasteiger partial charge on any atom is 0.408 e. The quantitative estimate of drug-likeness (QED) is 0.0623. The standard InChI is InChI=1S/C48H62N4O8/c1-47(2,3)29-40(51-45(57)59-31-35-23-15-9-16-24-35)43(55)49-38(27-33-19-11-7-12-20-33)37(30-53)41(54)39(28-34-21-13-8-14-22-34)50-44(56)42(48(4,5)6)52-46(58)60-32-36-25-17-10-18-26-36/h7-26,37-42,53-54H,27-32H2,1-6H3,(H,49,55)(H,50,56)(H,51,57)(H,52,58). The molecule has 60 heavy (non-hydrogen) atoms. The first kappa shape index (κ1) is 47.0. The van der Waals surface area contributed by atoms with Crippen molar-refractivity contribution in [3.63, 3.8) is 0 Å². The van der Waals surface area contributed by atoms with E-state index in [0.717, 1.165) is 22.3 Å². The highest BCUT2D eigenvalue weighted by Gasteiger charge is 2.40. The summed E-state index contributed by atoms with van der Waals surface area (Å²) in [5.74, 6) is -2.11. The van der Waals surface area contributed by atoms with Gasteiger partial charge in [0.2, 0.25) is 11.8 Å². The first-order valence-electron chi connectivity index (χ1n) is 20.4. The SMILES string of the molecule is CC(C)(C)CC(NC(=O)OCc1ccccc1)C(=O)NC(Cc1ccccc1)C(CO)C(O)C(Cc1ccccc1)NC(=O)C(NC(=O)OCc1ccccc1)C(C)(C)C. The molecule has 0 aliphatic heterocycles. The third-order valence-corrected chi connectivity index (χ3v) is 10.1. The van der Waals surface area contributed by atoms with Crippen molar-refractivity contribution in [1.82, 2.24) is 21.3 Å². The highest BCUT2D eigenvalue weighted by molar-refractivity contribution is 5.87. The van der Waals surface area contributed by atoms with Crippen LogP contribution in [0.25, 0.3) is 0 Å². The van der Waals surface area contributed by atoms with E-state index < -0.39 is 77.6 Å². The van der Waals surface area contributed by atoms with Crippen LogP contribution in [0, 0.1) is 16.7 Å². The average Bonchev–Trinajstić information content (AvgIpc) is 3.21. The number of benzene rings is 4. The lowest BCUT2D eigenvalue weighted by Crippen LogP contribution is -2.61. The fourth-order valence-corrected chi connectivity index (χ4v) is 6.91. The molecule has 6 N–H and O–H groups in total. The van der Waals surface area contributed by atoms with E-state index in [0.29, 0.717) is 0 Å². The van der Waals surface area contributed by atoms with Gasteiger partial charge in [-0.25, -0.2) is 9.59 Å². The number of carbonyl (C=O) groups excluding carboxylic acids is 4.